The number of rotatable bonds is 4. The summed E-state index contributed by atoms with van der Waals surface area (Å²) in [6, 6.07) is 3.59. The van der Waals surface area contributed by atoms with Gasteiger partial charge in [-0.2, -0.15) is 0 Å². The van der Waals surface area contributed by atoms with Crippen LogP contribution >= 0.6 is 0 Å². The lowest BCUT2D eigenvalue weighted by Gasteiger charge is -2.35. The van der Waals surface area contributed by atoms with Gasteiger partial charge in [0, 0.05) is 58.1 Å². The van der Waals surface area contributed by atoms with Crippen molar-refractivity contribution in [2.75, 3.05) is 51.7 Å². The Morgan fingerprint density at radius 2 is 2.23 bits per heavy atom. The van der Waals surface area contributed by atoms with Crippen molar-refractivity contribution in [3.05, 3.63) is 23.9 Å². The third-order valence-corrected chi connectivity index (χ3v) is 4.41. The molecule has 0 spiro atoms. The van der Waals surface area contributed by atoms with E-state index < -0.39 is 0 Å². The number of nitrogens with zero attached hydrogens (tertiary/aromatic N) is 3. The van der Waals surface area contributed by atoms with Crippen LogP contribution in [-0.4, -0.2) is 73.2 Å². The fourth-order valence-corrected chi connectivity index (χ4v) is 3.09. The van der Waals surface area contributed by atoms with Crippen LogP contribution in [0, 0.1) is 0 Å². The number of amides is 1. The van der Waals surface area contributed by atoms with Gasteiger partial charge in [-0.25, -0.2) is 4.98 Å². The fourth-order valence-electron chi connectivity index (χ4n) is 3.09. The average Bonchev–Trinajstić information content (AvgIpc) is 3.08. The molecule has 2 fully saturated rings. The first kappa shape index (κ1) is 15.2. The number of aromatic nitrogens is 1. The van der Waals surface area contributed by atoms with Crippen molar-refractivity contribution in [1.29, 1.82) is 0 Å². The van der Waals surface area contributed by atoms with Crippen LogP contribution in [0.4, 0.5) is 5.82 Å². The van der Waals surface area contributed by atoms with Crippen LogP contribution in [-0.2, 0) is 4.74 Å². The van der Waals surface area contributed by atoms with Crippen molar-refractivity contribution in [3.63, 3.8) is 0 Å². The third kappa shape index (κ3) is 3.56. The van der Waals surface area contributed by atoms with Crippen molar-refractivity contribution in [1.82, 2.24) is 14.8 Å². The Bertz CT molecular complexity index is 509. The van der Waals surface area contributed by atoms with Crippen LogP contribution in [0.3, 0.4) is 0 Å². The molecule has 1 atom stereocenters. The van der Waals surface area contributed by atoms with E-state index in [-0.39, 0.29) is 5.91 Å². The molecule has 3 rings (SSSR count). The molecule has 2 aliphatic rings. The first-order chi connectivity index (χ1) is 10.8. The number of nitrogens with one attached hydrogen (secondary N) is 1. The van der Waals surface area contributed by atoms with Gasteiger partial charge in [-0.15, -0.1) is 0 Å². The summed E-state index contributed by atoms with van der Waals surface area (Å²) in [6.45, 7) is 5.32. The Morgan fingerprint density at radius 1 is 1.41 bits per heavy atom. The molecule has 0 aliphatic carbocycles. The van der Waals surface area contributed by atoms with Crippen LogP contribution in [0.1, 0.15) is 23.2 Å². The number of anilines is 1. The highest BCUT2D eigenvalue weighted by atomic mass is 16.5. The maximum atomic E-state index is 12.5. The lowest BCUT2D eigenvalue weighted by Crippen LogP contribution is -2.50. The summed E-state index contributed by atoms with van der Waals surface area (Å²) >= 11 is 0. The zero-order valence-corrected chi connectivity index (χ0v) is 13.1. The summed E-state index contributed by atoms with van der Waals surface area (Å²) in [5.41, 5.74) is 0.701. The quantitative estimate of drug-likeness (QED) is 0.901. The number of carbonyl (C=O) groups excluding carboxylic acids is 1. The Labute approximate surface area is 131 Å². The fraction of sp³-hybridized carbons (Fsp3) is 0.625. The average molecular weight is 304 g/mol. The molecule has 0 saturated carbocycles. The van der Waals surface area contributed by atoms with E-state index in [9.17, 15) is 4.79 Å². The minimum absolute atomic E-state index is 0.0932. The molecule has 0 bridgehead atoms. The molecule has 6 nitrogen and oxygen atoms in total. The van der Waals surface area contributed by atoms with Crippen LogP contribution in [0.5, 0.6) is 0 Å². The van der Waals surface area contributed by atoms with Gasteiger partial charge in [-0.05, 0) is 25.0 Å². The van der Waals surface area contributed by atoms with Crippen molar-refractivity contribution in [3.8, 4) is 0 Å². The van der Waals surface area contributed by atoms with Gasteiger partial charge in [0.2, 0.25) is 0 Å². The van der Waals surface area contributed by atoms with E-state index >= 15 is 0 Å². The number of piperazine rings is 1. The van der Waals surface area contributed by atoms with Crippen molar-refractivity contribution < 1.29 is 9.53 Å². The Balaban J connectivity index is 1.52. The molecule has 1 aromatic rings. The zero-order chi connectivity index (χ0) is 15.4. The zero-order valence-electron chi connectivity index (χ0n) is 13.1. The van der Waals surface area contributed by atoms with Gasteiger partial charge in [0.1, 0.15) is 5.82 Å². The summed E-state index contributed by atoms with van der Waals surface area (Å²) in [4.78, 5) is 21.0. The molecular weight excluding hydrogens is 280 g/mol. The highest BCUT2D eigenvalue weighted by Gasteiger charge is 2.25. The Kier molecular flexibility index (Phi) is 4.90. The van der Waals surface area contributed by atoms with E-state index in [1.165, 1.54) is 12.8 Å². The van der Waals surface area contributed by atoms with Gasteiger partial charge in [-0.3, -0.25) is 9.69 Å². The summed E-state index contributed by atoms with van der Waals surface area (Å²) in [7, 11) is 1.81. The number of ether oxygens (including phenoxy) is 1. The normalized spacial score (nSPS) is 22.8. The summed E-state index contributed by atoms with van der Waals surface area (Å²) in [6.07, 6.45) is 4.41. The Hall–Kier alpha value is -1.66. The molecular formula is C16H24N4O2. The van der Waals surface area contributed by atoms with Crippen LogP contribution in [0.25, 0.3) is 0 Å². The molecule has 0 unspecified atom stereocenters. The smallest absolute Gasteiger partial charge is 0.254 e. The lowest BCUT2D eigenvalue weighted by atomic mass is 10.2. The van der Waals surface area contributed by atoms with Crippen LogP contribution < -0.4 is 5.32 Å². The minimum Gasteiger partial charge on any atom is -0.377 e. The minimum atomic E-state index is 0.0932. The molecule has 6 heteroatoms. The van der Waals surface area contributed by atoms with Crippen LogP contribution in [0.2, 0.25) is 0 Å². The molecule has 22 heavy (non-hydrogen) atoms. The van der Waals surface area contributed by atoms with E-state index in [0.717, 1.165) is 45.1 Å². The predicted octanol–water partition coefficient (Wildman–Crippen LogP) is 1.06. The van der Waals surface area contributed by atoms with Gasteiger partial charge >= 0.3 is 0 Å². The standard InChI is InChI=1S/C16H24N4O2/c1-17-15-11-13(4-5-18-15)16(21)20-8-6-19(7-9-20)12-14-3-2-10-22-14/h4-5,11,14H,2-3,6-10,12H2,1H3,(H,17,18)/t14-/m1/s1. The monoisotopic (exact) mass is 304 g/mol. The first-order valence-electron chi connectivity index (χ1n) is 8.03. The second kappa shape index (κ2) is 7.07. The number of hydrogen-bond donors (Lipinski definition) is 1. The number of pyridine rings is 1. The van der Waals surface area contributed by atoms with Gasteiger partial charge in [0.25, 0.3) is 5.91 Å². The predicted molar refractivity (Wildman–Crippen MR) is 85.1 cm³/mol. The van der Waals surface area contributed by atoms with Gasteiger partial charge < -0.3 is 15.0 Å². The number of carbonyl (C=O) groups is 1. The molecule has 1 N–H and O–H groups in total. The van der Waals surface area contributed by atoms with Crippen molar-refractivity contribution in [2.24, 2.45) is 0 Å². The maximum Gasteiger partial charge on any atom is 0.254 e. The number of hydrogen-bond acceptors (Lipinski definition) is 5. The molecule has 1 amide bonds. The molecule has 120 valence electrons. The summed E-state index contributed by atoms with van der Waals surface area (Å²) in [5.74, 6) is 0.818. The topological polar surface area (TPSA) is 57.7 Å². The van der Waals surface area contributed by atoms with Crippen molar-refractivity contribution in [2.45, 2.75) is 18.9 Å². The van der Waals surface area contributed by atoms with E-state index in [1.807, 2.05) is 4.90 Å². The molecule has 0 aromatic carbocycles. The molecule has 3 heterocycles. The van der Waals surface area contributed by atoms with Crippen LogP contribution in [0.15, 0.2) is 18.3 Å². The van der Waals surface area contributed by atoms with E-state index in [0.29, 0.717) is 11.7 Å². The van der Waals surface area contributed by atoms with E-state index in [1.54, 1.807) is 25.4 Å². The molecule has 2 aliphatic heterocycles. The SMILES string of the molecule is CNc1cc(C(=O)N2CCN(C[C@H]3CCCO3)CC2)ccn1. The first-order valence-corrected chi connectivity index (χ1v) is 8.03. The maximum absolute atomic E-state index is 12.5. The van der Waals surface area contributed by atoms with Gasteiger partial charge in [0.15, 0.2) is 0 Å². The summed E-state index contributed by atoms with van der Waals surface area (Å²) < 4.78 is 5.69. The molecule has 2 saturated heterocycles. The molecule has 0 radical (unpaired) electrons. The highest BCUT2D eigenvalue weighted by Crippen LogP contribution is 2.16. The molecule has 1 aromatic heterocycles. The second-order valence-electron chi connectivity index (χ2n) is 5.91. The second-order valence-corrected chi connectivity index (χ2v) is 5.91. The van der Waals surface area contributed by atoms with E-state index in [2.05, 4.69) is 15.2 Å². The largest absolute Gasteiger partial charge is 0.377 e. The van der Waals surface area contributed by atoms with Crippen molar-refractivity contribution >= 4 is 11.7 Å². The summed E-state index contributed by atoms with van der Waals surface area (Å²) in [5, 5.41) is 2.97. The lowest BCUT2D eigenvalue weighted by molar-refractivity contribution is 0.0432. The van der Waals surface area contributed by atoms with E-state index in [4.69, 9.17) is 4.74 Å². The van der Waals surface area contributed by atoms with Gasteiger partial charge in [0.05, 0.1) is 6.10 Å². The Morgan fingerprint density at radius 3 is 2.91 bits per heavy atom. The third-order valence-electron chi connectivity index (χ3n) is 4.41. The van der Waals surface area contributed by atoms with Gasteiger partial charge in [-0.1, -0.05) is 0 Å². The highest BCUT2D eigenvalue weighted by molar-refractivity contribution is 5.94.